The molecule has 27 heavy (non-hydrogen) atoms. The fourth-order valence-electron chi connectivity index (χ4n) is 2.93. The van der Waals surface area contributed by atoms with Crippen molar-refractivity contribution in [2.24, 2.45) is 0 Å². The van der Waals surface area contributed by atoms with Crippen LogP contribution in [0.1, 0.15) is 10.4 Å². The van der Waals surface area contributed by atoms with E-state index in [2.05, 4.69) is 54.4 Å². The molecule has 1 aliphatic rings. The van der Waals surface area contributed by atoms with Gasteiger partial charge in [-0.15, -0.1) is 16.9 Å². The van der Waals surface area contributed by atoms with E-state index in [1.54, 1.807) is 23.7 Å². The van der Waals surface area contributed by atoms with Crippen LogP contribution in [-0.2, 0) is 6.54 Å². The van der Waals surface area contributed by atoms with Crippen LogP contribution in [0.15, 0.2) is 48.9 Å². The van der Waals surface area contributed by atoms with Crippen molar-refractivity contribution in [1.29, 1.82) is 0 Å². The van der Waals surface area contributed by atoms with Crippen molar-refractivity contribution in [3.63, 3.8) is 0 Å². The molecule has 4 heterocycles. The summed E-state index contributed by atoms with van der Waals surface area (Å²) in [6, 6.07) is 10.2. The minimum atomic E-state index is 0.638. The van der Waals surface area contributed by atoms with E-state index >= 15 is 0 Å². The average molecular weight is 376 g/mol. The molecule has 1 aromatic carbocycles. The van der Waals surface area contributed by atoms with Crippen molar-refractivity contribution in [3.8, 4) is 0 Å². The second kappa shape index (κ2) is 6.45. The molecule has 1 aliphatic heterocycles. The van der Waals surface area contributed by atoms with Crippen LogP contribution in [-0.4, -0.2) is 19.9 Å². The van der Waals surface area contributed by atoms with Gasteiger partial charge in [-0.2, -0.15) is 0 Å². The van der Waals surface area contributed by atoms with Crippen LogP contribution in [0, 0.1) is 6.92 Å². The summed E-state index contributed by atoms with van der Waals surface area (Å²) < 4.78 is 0. The summed E-state index contributed by atoms with van der Waals surface area (Å²) in [7, 11) is 0. The van der Waals surface area contributed by atoms with Crippen molar-refractivity contribution in [2.75, 3.05) is 15.8 Å². The van der Waals surface area contributed by atoms with Crippen LogP contribution < -0.4 is 21.3 Å². The topological polar surface area (TPSA) is 90.9 Å². The van der Waals surface area contributed by atoms with E-state index in [9.17, 15) is 0 Å². The molecule has 9 heteroatoms. The molecule has 3 aromatic heterocycles. The third kappa shape index (κ3) is 3.14. The lowest BCUT2D eigenvalue weighted by molar-refractivity contribution is 0.717. The first kappa shape index (κ1) is 15.9. The number of thiazole rings is 1. The van der Waals surface area contributed by atoms with Crippen molar-refractivity contribution < 1.29 is 0 Å². The zero-order valence-electron chi connectivity index (χ0n) is 14.5. The van der Waals surface area contributed by atoms with Crippen molar-refractivity contribution >= 4 is 44.8 Å². The number of aryl methyl sites for hydroxylation is 1. The first-order valence-electron chi connectivity index (χ1n) is 8.44. The van der Waals surface area contributed by atoms with Crippen LogP contribution in [0.5, 0.6) is 0 Å². The maximum absolute atomic E-state index is 4.68. The van der Waals surface area contributed by atoms with Crippen LogP contribution in [0.4, 0.5) is 22.6 Å². The Morgan fingerprint density at radius 2 is 2.11 bits per heavy atom. The quantitative estimate of drug-likeness (QED) is 0.499. The third-order valence-electron chi connectivity index (χ3n) is 4.18. The van der Waals surface area contributed by atoms with Gasteiger partial charge in [0.25, 0.3) is 0 Å². The normalized spacial score (nSPS) is 12.9. The monoisotopic (exact) mass is 376 g/mol. The highest BCUT2D eigenvalue weighted by Crippen LogP contribution is 2.29. The van der Waals surface area contributed by atoms with Gasteiger partial charge in [-0.25, -0.2) is 15.0 Å². The Hall–Kier alpha value is -3.30. The number of nitrogens with one attached hydrogen (secondary N) is 3. The van der Waals surface area contributed by atoms with Gasteiger partial charge < -0.3 is 5.32 Å². The third-order valence-corrected chi connectivity index (χ3v) is 5.01. The molecule has 0 radical (unpaired) electrons. The smallest absolute Gasteiger partial charge is 0.191 e. The Kier molecular flexibility index (Phi) is 3.80. The van der Waals surface area contributed by atoms with E-state index in [0.29, 0.717) is 18.2 Å². The summed E-state index contributed by atoms with van der Waals surface area (Å²) in [6.45, 7) is 2.66. The summed E-state index contributed by atoms with van der Waals surface area (Å²) >= 11 is 1.58. The van der Waals surface area contributed by atoms with Crippen LogP contribution >= 0.6 is 11.3 Å². The van der Waals surface area contributed by atoms with Crippen molar-refractivity contribution in [3.05, 3.63) is 59.4 Å². The predicted octanol–water partition coefficient (Wildman–Crippen LogP) is 3.39. The Bertz CT molecular complexity index is 1130. The number of hydrogen-bond acceptors (Lipinski definition) is 9. The molecule has 0 saturated heterocycles. The molecule has 0 bridgehead atoms. The molecule has 0 unspecified atom stereocenters. The molecular formula is C18H16N8S. The molecule has 8 nitrogen and oxygen atoms in total. The average Bonchev–Trinajstić information content (AvgIpc) is 3.28. The largest absolute Gasteiger partial charge is 0.315 e. The standard InChI is InChI=1S/C18H16N8S/c1-11-8-21-18(27-11)23-15-9-20-16-17(22-15)26(25-24-16)10-12-4-5-14-13(7-12)3-2-6-19-14/h2-9,25H,10H2,1H3,(H,20,24)(H,21,22,23). The van der Waals surface area contributed by atoms with Gasteiger partial charge in [-0.3, -0.25) is 15.4 Å². The number of fused-ring (bicyclic) bond motifs is 2. The highest BCUT2D eigenvalue weighted by Gasteiger charge is 2.22. The Balaban J connectivity index is 1.40. The SMILES string of the molecule is Cc1cnc(Nc2cnc3c(n2)N(Cc2ccc4ncccc4c2)NN3)s1. The van der Waals surface area contributed by atoms with Gasteiger partial charge in [-0.05, 0) is 30.7 Å². The highest BCUT2D eigenvalue weighted by molar-refractivity contribution is 7.15. The summed E-state index contributed by atoms with van der Waals surface area (Å²) in [5.41, 5.74) is 8.30. The van der Waals surface area contributed by atoms with Gasteiger partial charge in [0.1, 0.15) is 0 Å². The first-order valence-corrected chi connectivity index (χ1v) is 9.26. The van der Waals surface area contributed by atoms with Crippen LogP contribution in [0.3, 0.4) is 0 Å². The number of hydrogen-bond donors (Lipinski definition) is 3. The Morgan fingerprint density at radius 3 is 3.00 bits per heavy atom. The zero-order chi connectivity index (χ0) is 18.2. The number of aromatic nitrogens is 4. The Labute approximate surface area is 159 Å². The highest BCUT2D eigenvalue weighted by atomic mass is 32.1. The molecule has 134 valence electrons. The van der Waals surface area contributed by atoms with E-state index < -0.39 is 0 Å². The minimum Gasteiger partial charge on any atom is -0.315 e. The summed E-state index contributed by atoms with van der Waals surface area (Å²) in [5, 5.41) is 7.05. The number of rotatable bonds is 4. The second-order valence-electron chi connectivity index (χ2n) is 6.18. The van der Waals surface area contributed by atoms with E-state index in [1.807, 2.05) is 30.3 Å². The van der Waals surface area contributed by atoms with Crippen molar-refractivity contribution in [1.82, 2.24) is 25.5 Å². The maximum atomic E-state index is 4.68. The van der Waals surface area contributed by atoms with Gasteiger partial charge in [-0.1, -0.05) is 12.1 Å². The van der Waals surface area contributed by atoms with Gasteiger partial charge in [0, 0.05) is 22.7 Å². The summed E-state index contributed by atoms with van der Waals surface area (Å²) in [6.07, 6.45) is 5.32. The minimum absolute atomic E-state index is 0.638. The first-order chi connectivity index (χ1) is 13.2. The number of hydrazine groups is 2. The number of nitrogens with zero attached hydrogens (tertiary/aromatic N) is 5. The van der Waals surface area contributed by atoms with E-state index in [-0.39, 0.29) is 0 Å². The Morgan fingerprint density at radius 1 is 1.15 bits per heavy atom. The molecule has 0 aliphatic carbocycles. The van der Waals surface area contributed by atoms with Gasteiger partial charge in [0.15, 0.2) is 22.6 Å². The molecule has 4 aromatic rings. The zero-order valence-corrected chi connectivity index (χ0v) is 15.3. The fourth-order valence-corrected chi connectivity index (χ4v) is 3.60. The number of anilines is 4. The molecule has 5 rings (SSSR count). The van der Waals surface area contributed by atoms with Crippen molar-refractivity contribution in [2.45, 2.75) is 13.5 Å². The predicted molar refractivity (Wildman–Crippen MR) is 107 cm³/mol. The fraction of sp³-hybridized carbons (Fsp3) is 0.111. The molecule has 0 spiro atoms. The molecular weight excluding hydrogens is 360 g/mol. The lowest BCUT2D eigenvalue weighted by atomic mass is 10.1. The molecule has 0 amide bonds. The van der Waals surface area contributed by atoms with Crippen LogP contribution in [0.2, 0.25) is 0 Å². The maximum Gasteiger partial charge on any atom is 0.191 e. The van der Waals surface area contributed by atoms with Gasteiger partial charge in [0.05, 0.1) is 18.3 Å². The van der Waals surface area contributed by atoms with Crippen LogP contribution in [0.25, 0.3) is 10.9 Å². The van der Waals surface area contributed by atoms with Gasteiger partial charge in [0.2, 0.25) is 0 Å². The van der Waals surface area contributed by atoms with Gasteiger partial charge >= 0.3 is 0 Å². The molecule has 0 saturated carbocycles. The molecule has 3 N–H and O–H groups in total. The van der Waals surface area contributed by atoms with E-state index in [0.717, 1.165) is 32.3 Å². The number of benzene rings is 1. The molecule has 0 atom stereocenters. The lowest BCUT2D eigenvalue weighted by Crippen LogP contribution is -2.35. The summed E-state index contributed by atoms with van der Waals surface area (Å²) in [5.74, 6) is 2.08. The summed E-state index contributed by atoms with van der Waals surface area (Å²) in [4.78, 5) is 18.9. The van der Waals surface area contributed by atoms with E-state index in [1.165, 1.54) is 0 Å². The molecule has 0 fully saturated rings. The van der Waals surface area contributed by atoms with E-state index in [4.69, 9.17) is 0 Å². The number of pyridine rings is 1. The lowest BCUT2D eigenvalue weighted by Gasteiger charge is -2.17. The second-order valence-corrected chi connectivity index (χ2v) is 7.42.